The number of aliphatic hydroxyl groups is 4. The maximum atomic E-state index is 11.7. The van der Waals surface area contributed by atoms with Gasteiger partial charge in [-0.05, 0) is 6.42 Å². The van der Waals surface area contributed by atoms with Gasteiger partial charge in [-0.25, -0.2) is 0 Å². The molecule has 8 nitrogen and oxygen atoms in total. The molecule has 0 aromatic heterocycles. The molecular formula is C15H29NO7S. The summed E-state index contributed by atoms with van der Waals surface area (Å²) in [6, 6.07) is 0. The highest BCUT2D eigenvalue weighted by molar-refractivity contribution is 7.99. The molecule has 0 radical (unpaired) electrons. The molecule has 1 aliphatic rings. The van der Waals surface area contributed by atoms with E-state index in [9.17, 15) is 20.1 Å². The van der Waals surface area contributed by atoms with E-state index in [2.05, 4.69) is 12.2 Å². The van der Waals surface area contributed by atoms with Crippen molar-refractivity contribution in [3.05, 3.63) is 0 Å². The van der Waals surface area contributed by atoms with Crippen molar-refractivity contribution < 1.29 is 34.7 Å². The monoisotopic (exact) mass is 367 g/mol. The van der Waals surface area contributed by atoms with E-state index in [1.807, 2.05) is 0 Å². The van der Waals surface area contributed by atoms with Crippen LogP contribution in [0.1, 0.15) is 26.2 Å². The molecule has 0 aliphatic carbocycles. The highest BCUT2D eigenvalue weighted by atomic mass is 32.2. The summed E-state index contributed by atoms with van der Waals surface area (Å²) < 4.78 is 10.7. The predicted molar refractivity (Wildman–Crippen MR) is 89.6 cm³/mol. The number of carbonyl (C=O) groups is 1. The molecule has 1 saturated heterocycles. The number of unbranched alkanes of at least 4 members (excludes halogenated alkanes) is 1. The van der Waals surface area contributed by atoms with E-state index in [-0.39, 0.29) is 12.3 Å². The van der Waals surface area contributed by atoms with Gasteiger partial charge in [0.25, 0.3) is 0 Å². The third-order valence-corrected chi connectivity index (χ3v) is 4.83. The van der Waals surface area contributed by atoms with Gasteiger partial charge in [0, 0.05) is 25.3 Å². The lowest BCUT2D eigenvalue weighted by molar-refractivity contribution is -0.205. The normalized spacial score (nSPS) is 30.3. The van der Waals surface area contributed by atoms with Crippen molar-refractivity contribution in [1.82, 2.24) is 5.32 Å². The molecule has 1 heterocycles. The van der Waals surface area contributed by atoms with Crippen molar-refractivity contribution in [3.8, 4) is 0 Å². The number of hydrogen-bond acceptors (Lipinski definition) is 8. The van der Waals surface area contributed by atoms with Crippen LogP contribution in [-0.2, 0) is 14.3 Å². The van der Waals surface area contributed by atoms with Crippen LogP contribution in [0, 0.1) is 0 Å². The molecule has 5 atom stereocenters. The third kappa shape index (κ3) is 7.22. The van der Waals surface area contributed by atoms with Crippen LogP contribution in [0.15, 0.2) is 0 Å². The fraction of sp³-hybridized carbons (Fsp3) is 0.933. The average Bonchev–Trinajstić information content (AvgIpc) is 2.58. The molecule has 1 fully saturated rings. The van der Waals surface area contributed by atoms with E-state index in [4.69, 9.17) is 14.6 Å². The maximum Gasteiger partial charge on any atom is 0.220 e. The van der Waals surface area contributed by atoms with E-state index >= 15 is 0 Å². The van der Waals surface area contributed by atoms with Crippen molar-refractivity contribution in [3.63, 3.8) is 0 Å². The zero-order chi connectivity index (χ0) is 17.9. The number of thioether (sulfide) groups is 1. The summed E-state index contributed by atoms with van der Waals surface area (Å²) in [6.07, 6.45) is -2.64. The molecular weight excluding hydrogens is 338 g/mol. The maximum absolute atomic E-state index is 11.7. The number of hydrogen-bond donors (Lipinski definition) is 5. The fourth-order valence-electron chi connectivity index (χ4n) is 2.17. The van der Waals surface area contributed by atoms with Crippen LogP contribution in [0.5, 0.6) is 0 Å². The van der Waals surface area contributed by atoms with Crippen LogP contribution in [0.3, 0.4) is 0 Å². The zero-order valence-electron chi connectivity index (χ0n) is 14.0. The van der Waals surface area contributed by atoms with Crippen LogP contribution in [0.4, 0.5) is 0 Å². The van der Waals surface area contributed by atoms with Gasteiger partial charge in [0.2, 0.25) is 5.91 Å². The molecule has 0 aromatic carbocycles. The smallest absolute Gasteiger partial charge is 0.220 e. The van der Waals surface area contributed by atoms with Crippen molar-refractivity contribution in [2.24, 2.45) is 0 Å². The van der Waals surface area contributed by atoms with Crippen LogP contribution in [0.25, 0.3) is 0 Å². The summed E-state index contributed by atoms with van der Waals surface area (Å²) in [5, 5.41) is 41.1. The molecule has 1 rings (SSSR count). The topological polar surface area (TPSA) is 128 Å². The molecule has 0 bridgehead atoms. The molecule has 0 saturated carbocycles. The van der Waals surface area contributed by atoms with E-state index in [0.717, 1.165) is 24.6 Å². The molecule has 1 aliphatic heterocycles. The Bertz CT molecular complexity index is 359. The van der Waals surface area contributed by atoms with Gasteiger partial charge in [-0.1, -0.05) is 13.3 Å². The number of ether oxygens (including phenoxy) is 2. The summed E-state index contributed by atoms with van der Waals surface area (Å²) in [4.78, 5) is 11.7. The first kappa shape index (κ1) is 21.6. The molecule has 5 N–H and O–H groups in total. The van der Waals surface area contributed by atoms with Crippen LogP contribution >= 0.6 is 11.8 Å². The lowest BCUT2D eigenvalue weighted by atomic mass is 10.0. The second kappa shape index (κ2) is 12.0. The minimum atomic E-state index is -1.39. The Labute approximate surface area is 146 Å². The highest BCUT2D eigenvalue weighted by Gasteiger charge is 2.43. The van der Waals surface area contributed by atoms with Gasteiger partial charge in [0.05, 0.1) is 13.2 Å². The van der Waals surface area contributed by atoms with Gasteiger partial charge in [0.15, 0.2) is 0 Å². The third-order valence-electron chi connectivity index (χ3n) is 3.67. The van der Waals surface area contributed by atoms with E-state index in [0.29, 0.717) is 25.5 Å². The Morgan fingerprint density at radius 1 is 1.21 bits per heavy atom. The quantitative estimate of drug-likeness (QED) is 0.289. The minimum Gasteiger partial charge on any atom is -0.394 e. The standard InChI is InChI=1S/C15H29NO7S/c1-2-3-6-22-7-5-16-11(18)4-8-24-15-14(21)13(20)12(19)10(9-17)23-15/h10,12-15,17,19-21H,2-9H2,1H3,(H,16,18). The molecule has 5 unspecified atom stereocenters. The fourth-order valence-corrected chi connectivity index (χ4v) is 3.29. The average molecular weight is 367 g/mol. The summed E-state index contributed by atoms with van der Waals surface area (Å²) in [6.45, 7) is 3.25. The lowest BCUT2D eigenvalue weighted by Crippen LogP contribution is -2.57. The van der Waals surface area contributed by atoms with Gasteiger partial charge in [-0.2, -0.15) is 0 Å². The molecule has 1 amide bonds. The van der Waals surface area contributed by atoms with Crippen LogP contribution in [-0.4, -0.2) is 88.3 Å². The highest BCUT2D eigenvalue weighted by Crippen LogP contribution is 2.28. The summed E-state index contributed by atoms with van der Waals surface area (Å²) >= 11 is 1.16. The first-order valence-corrected chi connectivity index (χ1v) is 9.32. The summed E-state index contributed by atoms with van der Waals surface area (Å²) in [5.41, 5.74) is -0.800. The molecule has 0 spiro atoms. The Hall–Kier alpha value is -0.420. The van der Waals surface area contributed by atoms with Crippen LogP contribution < -0.4 is 5.32 Å². The SMILES string of the molecule is CCCCOCCNC(=O)CCSC1OC(CO)C(O)C(O)C1O. The summed E-state index contributed by atoms with van der Waals surface area (Å²) in [5.74, 6) is 0.247. The minimum absolute atomic E-state index is 0.133. The molecule has 24 heavy (non-hydrogen) atoms. The number of carbonyl (C=O) groups excluding carboxylic acids is 1. The first-order chi connectivity index (χ1) is 11.5. The lowest BCUT2D eigenvalue weighted by Gasteiger charge is -2.39. The zero-order valence-corrected chi connectivity index (χ0v) is 14.8. The van der Waals surface area contributed by atoms with Gasteiger partial charge in [-0.15, -0.1) is 11.8 Å². The van der Waals surface area contributed by atoms with E-state index in [1.54, 1.807) is 0 Å². The second-order valence-corrected chi connectivity index (χ2v) is 6.84. The number of nitrogens with one attached hydrogen (secondary N) is 1. The van der Waals surface area contributed by atoms with Gasteiger partial charge in [-0.3, -0.25) is 4.79 Å². The predicted octanol–water partition coefficient (Wildman–Crippen LogP) is -1.16. The molecule has 9 heteroatoms. The summed E-state index contributed by atoms with van der Waals surface area (Å²) in [7, 11) is 0. The molecule has 142 valence electrons. The Morgan fingerprint density at radius 3 is 2.62 bits per heavy atom. The van der Waals surface area contributed by atoms with Crippen LogP contribution in [0.2, 0.25) is 0 Å². The van der Waals surface area contributed by atoms with Gasteiger partial charge >= 0.3 is 0 Å². The van der Waals surface area contributed by atoms with Gasteiger partial charge < -0.3 is 35.2 Å². The van der Waals surface area contributed by atoms with Crippen molar-refractivity contribution in [2.45, 2.75) is 56.0 Å². The number of rotatable bonds is 11. The molecule has 0 aromatic rings. The Kier molecular flexibility index (Phi) is 10.8. The number of amides is 1. The second-order valence-electron chi connectivity index (χ2n) is 5.63. The largest absolute Gasteiger partial charge is 0.394 e. The van der Waals surface area contributed by atoms with Crippen molar-refractivity contribution in [1.29, 1.82) is 0 Å². The Morgan fingerprint density at radius 2 is 1.96 bits per heavy atom. The van der Waals surface area contributed by atoms with E-state index < -0.39 is 36.5 Å². The van der Waals surface area contributed by atoms with Crippen molar-refractivity contribution in [2.75, 3.05) is 32.1 Å². The first-order valence-electron chi connectivity index (χ1n) is 8.27. The van der Waals surface area contributed by atoms with Crippen molar-refractivity contribution >= 4 is 17.7 Å². The Balaban J connectivity index is 2.18. The van der Waals surface area contributed by atoms with E-state index in [1.165, 1.54) is 0 Å². The number of aliphatic hydroxyl groups excluding tert-OH is 4. The van der Waals surface area contributed by atoms with Gasteiger partial charge in [0.1, 0.15) is 29.9 Å².